The number of halogens is 1. The molecule has 0 aliphatic rings. The molecule has 0 heterocycles. The fraction of sp³-hybridized carbons (Fsp3) is 0.125. The van der Waals surface area contributed by atoms with E-state index in [4.69, 9.17) is 16.5 Å². The highest BCUT2D eigenvalue weighted by molar-refractivity contribution is 6.14. The summed E-state index contributed by atoms with van der Waals surface area (Å²) in [6.45, 7) is 0. The maximum absolute atomic E-state index is 11.1. The van der Waals surface area contributed by atoms with Crippen molar-refractivity contribution in [1.82, 2.24) is 10.4 Å². The van der Waals surface area contributed by atoms with Crippen LogP contribution in [0.2, 0.25) is 0 Å². The van der Waals surface area contributed by atoms with Crippen LogP contribution in [0.25, 0.3) is 0 Å². The van der Waals surface area contributed by atoms with Crippen molar-refractivity contribution in [3.63, 3.8) is 0 Å². The lowest BCUT2D eigenvalue weighted by molar-refractivity contribution is 0.0946. The van der Waals surface area contributed by atoms with Crippen molar-refractivity contribution >= 4 is 17.7 Å². The first-order valence-electron chi connectivity index (χ1n) is 3.58. The van der Waals surface area contributed by atoms with E-state index in [0.29, 0.717) is 11.3 Å². The molecule has 70 valence electrons. The van der Waals surface area contributed by atoms with Gasteiger partial charge >= 0.3 is 0 Å². The zero-order valence-electron chi connectivity index (χ0n) is 7.00. The van der Waals surface area contributed by atoms with E-state index in [1.165, 1.54) is 0 Å². The number of amides is 1. The molecule has 0 bridgehead atoms. The Morgan fingerprint density at radius 1 is 1.38 bits per heavy atom. The Balaban J connectivity index is 2.74. The van der Waals surface area contributed by atoms with Crippen molar-refractivity contribution in [1.29, 1.82) is 0 Å². The molecule has 0 unspecified atom stereocenters. The standard InChI is InChI=1S/C8H9ClN2O2/c1-13-7-4-2-6(3-5-7)8(12)10-11-9/h2-5,11H,1H3,(H,10,12). The summed E-state index contributed by atoms with van der Waals surface area (Å²) in [5.74, 6) is 0.410. The molecule has 1 aromatic carbocycles. The van der Waals surface area contributed by atoms with E-state index >= 15 is 0 Å². The normalized spacial score (nSPS) is 9.38. The fourth-order valence-electron chi connectivity index (χ4n) is 0.857. The minimum absolute atomic E-state index is 0.294. The van der Waals surface area contributed by atoms with Gasteiger partial charge in [-0.05, 0) is 36.0 Å². The van der Waals surface area contributed by atoms with Crippen LogP contribution in [-0.2, 0) is 0 Å². The predicted molar refractivity (Wildman–Crippen MR) is 49.4 cm³/mol. The van der Waals surface area contributed by atoms with Crippen LogP contribution in [-0.4, -0.2) is 13.0 Å². The summed E-state index contributed by atoms with van der Waals surface area (Å²) in [6, 6.07) is 6.68. The summed E-state index contributed by atoms with van der Waals surface area (Å²) in [5, 5.41) is 0. The van der Waals surface area contributed by atoms with Crippen LogP contribution < -0.4 is 15.1 Å². The first-order chi connectivity index (χ1) is 6.27. The second kappa shape index (κ2) is 4.69. The van der Waals surface area contributed by atoms with Gasteiger partial charge in [-0.25, -0.2) is 0 Å². The molecule has 13 heavy (non-hydrogen) atoms. The quantitative estimate of drug-likeness (QED) is 0.567. The maximum Gasteiger partial charge on any atom is 0.266 e. The minimum atomic E-state index is -0.294. The van der Waals surface area contributed by atoms with Crippen LogP contribution in [0.4, 0.5) is 0 Å². The topological polar surface area (TPSA) is 50.4 Å². The van der Waals surface area contributed by atoms with Crippen LogP contribution in [0.3, 0.4) is 0 Å². The van der Waals surface area contributed by atoms with Crippen molar-refractivity contribution < 1.29 is 9.53 Å². The molecule has 0 radical (unpaired) electrons. The number of nitrogens with one attached hydrogen (secondary N) is 2. The molecule has 0 spiro atoms. The summed E-state index contributed by atoms with van der Waals surface area (Å²) in [5.41, 5.74) is 2.74. The van der Waals surface area contributed by atoms with Gasteiger partial charge in [-0.2, -0.15) is 0 Å². The number of methoxy groups -OCH3 is 1. The molecule has 0 aromatic heterocycles. The Morgan fingerprint density at radius 3 is 2.46 bits per heavy atom. The van der Waals surface area contributed by atoms with Gasteiger partial charge in [0.25, 0.3) is 5.91 Å². The second-order valence-corrected chi connectivity index (χ2v) is 2.47. The van der Waals surface area contributed by atoms with Gasteiger partial charge in [0, 0.05) is 5.56 Å². The van der Waals surface area contributed by atoms with Gasteiger partial charge in [0.05, 0.1) is 7.11 Å². The molecule has 0 fully saturated rings. The summed E-state index contributed by atoms with van der Waals surface area (Å²) in [6.07, 6.45) is 0. The summed E-state index contributed by atoms with van der Waals surface area (Å²) in [4.78, 5) is 13.2. The molecule has 0 saturated heterocycles. The molecular formula is C8H9ClN2O2. The van der Waals surface area contributed by atoms with Gasteiger partial charge in [-0.1, -0.05) is 0 Å². The number of ether oxygens (including phenoxy) is 1. The van der Waals surface area contributed by atoms with Crippen LogP contribution in [0.5, 0.6) is 5.75 Å². The summed E-state index contributed by atoms with van der Waals surface area (Å²) >= 11 is 5.10. The molecule has 0 aliphatic carbocycles. The average Bonchev–Trinajstić information content (AvgIpc) is 2.18. The minimum Gasteiger partial charge on any atom is -0.497 e. The Morgan fingerprint density at radius 2 is 2.00 bits per heavy atom. The molecule has 1 aromatic rings. The van der Waals surface area contributed by atoms with Crippen molar-refractivity contribution in [2.45, 2.75) is 0 Å². The van der Waals surface area contributed by atoms with E-state index in [-0.39, 0.29) is 5.91 Å². The molecular weight excluding hydrogens is 192 g/mol. The lowest BCUT2D eigenvalue weighted by atomic mass is 10.2. The van der Waals surface area contributed by atoms with Gasteiger partial charge in [0.15, 0.2) is 0 Å². The first kappa shape index (κ1) is 9.83. The summed E-state index contributed by atoms with van der Waals surface area (Å²) < 4.78 is 4.94. The number of carbonyl (C=O) groups excluding carboxylic acids is 1. The predicted octanol–water partition coefficient (Wildman–Crippen LogP) is 1.08. The Bertz CT molecular complexity index is 287. The highest BCUT2D eigenvalue weighted by Gasteiger charge is 2.03. The highest BCUT2D eigenvalue weighted by Crippen LogP contribution is 2.10. The Hall–Kier alpha value is -1.26. The molecule has 2 N–H and O–H groups in total. The van der Waals surface area contributed by atoms with Gasteiger partial charge in [0.2, 0.25) is 0 Å². The van der Waals surface area contributed by atoms with Gasteiger partial charge in [0.1, 0.15) is 5.75 Å². The van der Waals surface area contributed by atoms with E-state index in [9.17, 15) is 4.79 Å². The van der Waals surface area contributed by atoms with E-state index in [2.05, 4.69) is 5.43 Å². The SMILES string of the molecule is COc1ccc(C(=O)NNCl)cc1. The van der Waals surface area contributed by atoms with Gasteiger partial charge < -0.3 is 4.74 Å². The Labute approximate surface area is 80.9 Å². The largest absolute Gasteiger partial charge is 0.497 e. The smallest absolute Gasteiger partial charge is 0.266 e. The fourth-order valence-corrected chi connectivity index (χ4v) is 0.943. The van der Waals surface area contributed by atoms with E-state index in [1.807, 2.05) is 4.94 Å². The van der Waals surface area contributed by atoms with E-state index in [0.717, 1.165) is 0 Å². The molecule has 1 amide bonds. The maximum atomic E-state index is 11.1. The van der Waals surface area contributed by atoms with Crippen molar-refractivity contribution in [2.75, 3.05) is 7.11 Å². The van der Waals surface area contributed by atoms with Crippen molar-refractivity contribution in [3.05, 3.63) is 29.8 Å². The zero-order chi connectivity index (χ0) is 9.68. The molecule has 5 heteroatoms. The number of carbonyl (C=O) groups is 1. The molecule has 1 rings (SSSR count). The van der Waals surface area contributed by atoms with Gasteiger partial charge in [-0.15, -0.1) is 4.94 Å². The van der Waals surface area contributed by atoms with Crippen LogP contribution in [0, 0.1) is 0 Å². The summed E-state index contributed by atoms with van der Waals surface area (Å²) in [7, 11) is 1.56. The first-order valence-corrected chi connectivity index (χ1v) is 3.95. The van der Waals surface area contributed by atoms with Gasteiger partial charge in [-0.3, -0.25) is 10.2 Å². The van der Waals surface area contributed by atoms with Crippen LogP contribution in [0.15, 0.2) is 24.3 Å². The number of hydrogen-bond acceptors (Lipinski definition) is 3. The molecule has 0 saturated carbocycles. The molecule has 0 aliphatic heterocycles. The van der Waals surface area contributed by atoms with Crippen molar-refractivity contribution in [2.24, 2.45) is 0 Å². The average molecular weight is 201 g/mol. The van der Waals surface area contributed by atoms with Crippen LogP contribution in [0.1, 0.15) is 10.4 Å². The van der Waals surface area contributed by atoms with Crippen molar-refractivity contribution in [3.8, 4) is 5.75 Å². The third-order valence-electron chi connectivity index (χ3n) is 1.51. The number of hydrogen-bond donors (Lipinski definition) is 2. The van der Waals surface area contributed by atoms with E-state index < -0.39 is 0 Å². The third kappa shape index (κ3) is 2.61. The molecule has 0 atom stereocenters. The zero-order valence-corrected chi connectivity index (χ0v) is 7.76. The lowest BCUT2D eigenvalue weighted by Crippen LogP contribution is -2.30. The van der Waals surface area contributed by atoms with E-state index in [1.54, 1.807) is 31.4 Å². The molecule has 4 nitrogen and oxygen atoms in total. The number of benzene rings is 1. The second-order valence-electron chi connectivity index (χ2n) is 2.28. The van der Waals surface area contributed by atoms with Crippen LogP contribution >= 0.6 is 11.8 Å². The number of rotatable bonds is 3. The third-order valence-corrected chi connectivity index (χ3v) is 1.61. The Kier molecular flexibility index (Phi) is 3.54. The lowest BCUT2D eigenvalue weighted by Gasteiger charge is -2.02. The highest BCUT2D eigenvalue weighted by atomic mass is 35.5. The monoisotopic (exact) mass is 200 g/mol. The number of hydrazine groups is 1.